The molecule has 7 nitrogen and oxygen atoms in total. The van der Waals surface area contributed by atoms with Gasteiger partial charge in [0.1, 0.15) is 18.5 Å². The largest absolute Gasteiger partial charge is 0.467 e. The quantitative estimate of drug-likeness (QED) is 0.793. The Morgan fingerprint density at radius 2 is 2.07 bits per heavy atom. The lowest BCUT2D eigenvalue weighted by Crippen LogP contribution is -2.50. The van der Waals surface area contributed by atoms with Crippen LogP contribution in [0.1, 0.15) is 24.2 Å². The zero-order valence-electron chi connectivity index (χ0n) is 15.6. The van der Waals surface area contributed by atoms with E-state index >= 15 is 0 Å². The maximum Gasteiger partial charge on any atom is 0.322 e. The van der Waals surface area contributed by atoms with Crippen LogP contribution in [-0.4, -0.2) is 42.5 Å². The summed E-state index contributed by atoms with van der Waals surface area (Å²) in [5.41, 5.74) is 1.65. The van der Waals surface area contributed by atoms with Crippen LogP contribution in [0.3, 0.4) is 0 Å². The highest BCUT2D eigenvalue weighted by Gasteiger charge is 2.38. The molecule has 2 heterocycles. The number of rotatable bonds is 7. The van der Waals surface area contributed by atoms with Crippen molar-refractivity contribution in [3.8, 4) is 0 Å². The molecule has 0 unspecified atom stereocenters. The Kier molecular flexibility index (Phi) is 5.73. The molecule has 2 amide bonds. The number of anilines is 1. The molecule has 28 heavy (non-hydrogen) atoms. The Balaban J connectivity index is 1.29. The van der Waals surface area contributed by atoms with Crippen LogP contribution >= 0.6 is 0 Å². The lowest BCUT2D eigenvalue weighted by molar-refractivity contribution is -0.135. The number of nitrogens with zero attached hydrogens (tertiary/aromatic N) is 1. The summed E-state index contributed by atoms with van der Waals surface area (Å²) in [6.45, 7) is 1.99. The number of morpholine rings is 1. The van der Waals surface area contributed by atoms with Crippen molar-refractivity contribution in [2.24, 2.45) is 5.92 Å². The van der Waals surface area contributed by atoms with E-state index in [4.69, 9.17) is 13.9 Å². The highest BCUT2D eigenvalue weighted by molar-refractivity contribution is 5.91. The molecule has 1 aromatic heterocycles. The average Bonchev–Trinajstić information content (AvgIpc) is 3.44. The van der Waals surface area contributed by atoms with Crippen LogP contribution < -0.4 is 5.32 Å². The van der Waals surface area contributed by atoms with Gasteiger partial charge in [0.25, 0.3) is 0 Å². The SMILES string of the molecule is O=C(C1CC1)[C@H]1CN(C(=O)Nc2cccc(COCc3ccco3)c2)CCO1. The topological polar surface area (TPSA) is 81.0 Å². The van der Waals surface area contributed by atoms with E-state index in [1.165, 1.54) is 0 Å². The van der Waals surface area contributed by atoms with Crippen molar-refractivity contribution in [3.05, 3.63) is 54.0 Å². The molecule has 7 heteroatoms. The second-order valence-corrected chi connectivity index (χ2v) is 7.18. The van der Waals surface area contributed by atoms with Gasteiger partial charge in [0, 0.05) is 18.2 Å². The van der Waals surface area contributed by atoms with Crippen LogP contribution in [-0.2, 0) is 27.5 Å². The molecule has 1 aliphatic carbocycles. The molecule has 0 bridgehead atoms. The summed E-state index contributed by atoms with van der Waals surface area (Å²) in [6, 6.07) is 11.0. The molecular weight excluding hydrogens is 360 g/mol. The molecule has 1 N–H and O–H groups in total. The number of furan rings is 1. The Hall–Kier alpha value is -2.64. The predicted octanol–water partition coefficient (Wildman–Crippen LogP) is 3.21. The Morgan fingerprint density at radius 3 is 2.86 bits per heavy atom. The van der Waals surface area contributed by atoms with Gasteiger partial charge < -0.3 is 24.1 Å². The van der Waals surface area contributed by atoms with Crippen molar-refractivity contribution < 1.29 is 23.5 Å². The second kappa shape index (κ2) is 8.58. The maximum absolute atomic E-state index is 12.6. The van der Waals surface area contributed by atoms with Crippen molar-refractivity contribution in [1.29, 1.82) is 0 Å². The van der Waals surface area contributed by atoms with Gasteiger partial charge >= 0.3 is 6.03 Å². The average molecular weight is 384 g/mol. The highest BCUT2D eigenvalue weighted by atomic mass is 16.5. The third-order valence-corrected chi connectivity index (χ3v) is 4.92. The molecule has 1 saturated heterocycles. The molecule has 4 rings (SSSR count). The van der Waals surface area contributed by atoms with Gasteiger partial charge in [0.05, 0.1) is 26.0 Å². The number of carbonyl (C=O) groups is 2. The zero-order chi connectivity index (χ0) is 19.3. The summed E-state index contributed by atoms with van der Waals surface area (Å²) in [4.78, 5) is 26.5. The normalized spacial score (nSPS) is 19.4. The van der Waals surface area contributed by atoms with E-state index in [0.717, 1.165) is 24.2 Å². The summed E-state index contributed by atoms with van der Waals surface area (Å²) in [5.74, 6) is 1.03. The fraction of sp³-hybridized carbons (Fsp3) is 0.429. The number of amides is 2. The van der Waals surface area contributed by atoms with Crippen molar-refractivity contribution in [3.63, 3.8) is 0 Å². The number of carbonyl (C=O) groups excluding carboxylic acids is 2. The van der Waals surface area contributed by atoms with Crippen LogP contribution in [0.25, 0.3) is 0 Å². The van der Waals surface area contributed by atoms with Crippen LogP contribution in [0.2, 0.25) is 0 Å². The van der Waals surface area contributed by atoms with Gasteiger partial charge in [0.15, 0.2) is 5.78 Å². The summed E-state index contributed by atoms with van der Waals surface area (Å²) in [5, 5.41) is 2.91. The first-order chi connectivity index (χ1) is 13.7. The van der Waals surface area contributed by atoms with Crippen LogP contribution in [0.5, 0.6) is 0 Å². The molecule has 2 fully saturated rings. The first-order valence-corrected chi connectivity index (χ1v) is 9.59. The van der Waals surface area contributed by atoms with E-state index in [0.29, 0.717) is 38.6 Å². The van der Waals surface area contributed by atoms with Crippen LogP contribution in [0, 0.1) is 5.92 Å². The summed E-state index contributed by atoms with van der Waals surface area (Å²) in [6.07, 6.45) is 3.01. The third-order valence-electron chi connectivity index (χ3n) is 4.92. The molecule has 1 atom stereocenters. The molecule has 0 spiro atoms. The first kappa shape index (κ1) is 18.7. The second-order valence-electron chi connectivity index (χ2n) is 7.18. The third kappa shape index (κ3) is 4.79. The summed E-state index contributed by atoms with van der Waals surface area (Å²) >= 11 is 0. The van der Waals surface area contributed by atoms with Gasteiger partial charge in [-0.1, -0.05) is 12.1 Å². The number of Topliss-reactive ketones (excluding diaryl/α,β-unsaturated/α-hetero) is 1. The van der Waals surface area contributed by atoms with Gasteiger partial charge in [-0.25, -0.2) is 4.79 Å². The summed E-state index contributed by atoms with van der Waals surface area (Å²) < 4.78 is 16.4. The fourth-order valence-electron chi connectivity index (χ4n) is 3.24. The molecule has 148 valence electrons. The van der Waals surface area contributed by atoms with Gasteiger partial charge in [-0.15, -0.1) is 0 Å². The highest BCUT2D eigenvalue weighted by Crippen LogP contribution is 2.32. The van der Waals surface area contributed by atoms with Crippen molar-refractivity contribution >= 4 is 17.5 Å². The lowest BCUT2D eigenvalue weighted by atomic mass is 10.1. The molecule has 1 saturated carbocycles. The smallest absolute Gasteiger partial charge is 0.322 e. The number of hydrogen-bond donors (Lipinski definition) is 1. The van der Waals surface area contributed by atoms with Crippen LogP contribution in [0.15, 0.2) is 47.1 Å². The van der Waals surface area contributed by atoms with E-state index in [9.17, 15) is 9.59 Å². The van der Waals surface area contributed by atoms with E-state index in [1.807, 2.05) is 36.4 Å². The van der Waals surface area contributed by atoms with Gasteiger partial charge in [-0.2, -0.15) is 0 Å². The number of hydrogen-bond acceptors (Lipinski definition) is 5. The van der Waals surface area contributed by atoms with Gasteiger partial charge in [-0.05, 0) is 42.7 Å². The molecule has 1 aromatic carbocycles. The Bertz CT molecular complexity index is 816. The Morgan fingerprint density at radius 1 is 1.18 bits per heavy atom. The lowest BCUT2D eigenvalue weighted by Gasteiger charge is -2.32. The molecular formula is C21H24N2O5. The number of ether oxygens (including phenoxy) is 2. The van der Waals surface area contributed by atoms with Crippen molar-refractivity contribution in [1.82, 2.24) is 4.90 Å². The van der Waals surface area contributed by atoms with E-state index in [-0.39, 0.29) is 17.7 Å². The number of urea groups is 1. The van der Waals surface area contributed by atoms with Gasteiger partial charge in [-0.3, -0.25) is 4.79 Å². The Labute approximate surface area is 163 Å². The van der Waals surface area contributed by atoms with E-state index < -0.39 is 6.10 Å². The van der Waals surface area contributed by atoms with Crippen LogP contribution in [0.4, 0.5) is 10.5 Å². The molecule has 2 aromatic rings. The maximum atomic E-state index is 12.6. The van der Waals surface area contributed by atoms with E-state index in [1.54, 1.807) is 11.2 Å². The minimum atomic E-state index is -0.492. The predicted molar refractivity (Wildman–Crippen MR) is 102 cm³/mol. The minimum Gasteiger partial charge on any atom is -0.467 e. The van der Waals surface area contributed by atoms with Crippen molar-refractivity contribution in [2.45, 2.75) is 32.2 Å². The molecule has 2 aliphatic rings. The monoisotopic (exact) mass is 384 g/mol. The van der Waals surface area contributed by atoms with Crippen molar-refractivity contribution in [2.75, 3.05) is 25.0 Å². The number of benzene rings is 1. The zero-order valence-corrected chi connectivity index (χ0v) is 15.6. The fourth-order valence-corrected chi connectivity index (χ4v) is 3.24. The number of ketones is 1. The minimum absolute atomic E-state index is 0.130. The molecule has 0 radical (unpaired) electrons. The number of nitrogens with one attached hydrogen (secondary N) is 1. The summed E-state index contributed by atoms with van der Waals surface area (Å²) in [7, 11) is 0. The first-order valence-electron chi connectivity index (χ1n) is 9.59. The van der Waals surface area contributed by atoms with E-state index in [2.05, 4.69) is 5.32 Å². The standard InChI is InChI=1S/C21H24N2O5/c24-20(16-6-7-16)19-12-23(8-10-28-19)21(25)22-17-4-1-3-15(11-17)13-26-14-18-5-2-9-27-18/h1-5,9,11,16,19H,6-8,10,12-14H2,(H,22,25)/t19-/m1/s1. The molecule has 1 aliphatic heterocycles. The van der Waals surface area contributed by atoms with Gasteiger partial charge in [0.2, 0.25) is 0 Å².